The Kier molecular flexibility index (Phi) is 6.27. The highest BCUT2D eigenvalue weighted by Gasteiger charge is 2.53. The van der Waals surface area contributed by atoms with E-state index >= 15 is 0 Å². The zero-order valence-electron chi connectivity index (χ0n) is 18.1. The number of piperidine rings is 1. The third kappa shape index (κ3) is 4.78. The van der Waals surface area contributed by atoms with Gasteiger partial charge in [-0.1, -0.05) is 19.1 Å². The molecule has 1 aromatic heterocycles. The van der Waals surface area contributed by atoms with Crippen LogP contribution in [0, 0.1) is 5.41 Å². The number of carbonyl (C=O) groups is 1. The number of nitrogens with one attached hydrogen (secondary N) is 2. The summed E-state index contributed by atoms with van der Waals surface area (Å²) in [7, 11) is 1.91. The van der Waals surface area contributed by atoms with E-state index in [-0.39, 0.29) is 17.5 Å². The average molecular weight is 412 g/mol. The van der Waals surface area contributed by atoms with Crippen molar-refractivity contribution in [3.63, 3.8) is 0 Å². The number of rotatable bonds is 8. The van der Waals surface area contributed by atoms with Crippen LogP contribution in [0.4, 0.5) is 4.79 Å². The van der Waals surface area contributed by atoms with Crippen molar-refractivity contribution in [2.45, 2.75) is 51.7 Å². The molecule has 1 saturated carbocycles. The van der Waals surface area contributed by atoms with Gasteiger partial charge in [0.1, 0.15) is 5.75 Å². The Morgan fingerprint density at radius 1 is 1.33 bits per heavy atom. The molecule has 1 atom stereocenters. The van der Waals surface area contributed by atoms with Crippen molar-refractivity contribution in [1.29, 1.82) is 0 Å². The van der Waals surface area contributed by atoms with Crippen LogP contribution < -0.4 is 15.4 Å². The number of hydrogen-bond acceptors (Lipinski definition) is 4. The molecule has 1 saturated heterocycles. The minimum absolute atomic E-state index is 0.00913. The molecule has 1 aromatic carbocycles. The van der Waals surface area contributed by atoms with Gasteiger partial charge in [-0.2, -0.15) is 5.10 Å². The maximum atomic E-state index is 13.3. The minimum Gasteiger partial charge on any atom is -0.494 e. The molecule has 0 bridgehead atoms. The van der Waals surface area contributed by atoms with E-state index in [9.17, 15) is 4.79 Å². The second-order valence-corrected chi connectivity index (χ2v) is 8.60. The Morgan fingerprint density at radius 2 is 2.13 bits per heavy atom. The van der Waals surface area contributed by atoms with Crippen molar-refractivity contribution in [2.75, 3.05) is 19.7 Å². The molecule has 0 radical (unpaired) electrons. The van der Waals surface area contributed by atoms with Crippen LogP contribution in [0.25, 0.3) is 0 Å². The second-order valence-electron chi connectivity index (χ2n) is 8.60. The predicted molar refractivity (Wildman–Crippen MR) is 116 cm³/mol. The summed E-state index contributed by atoms with van der Waals surface area (Å²) in [6.45, 7) is 5.82. The molecule has 1 aliphatic heterocycles. The van der Waals surface area contributed by atoms with E-state index in [0.29, 0.717) is 13.1 Å². The quantitative estimate of drug-likeness (QED) is 0.700. The number of ether oxygens (including phenoxy) is 1. The lowest BCUT2D eigenvalue weighted by Crippen LogP contribution is -2.55. The molecule has 1 unspecified atom stereocenters. The first-order valence-electron chi connectivity index (χ1n) is 11.0. The third-order valence-corrected chi connectivity index (χ3v) is 6.25. The smallest absolute Gasteiger partial charge is 0.318 e. The Balaban J connectivity index is 1.42. The van der Waals surface area contributed by atoms with Crippen LogP contribution >= 0.6 is 0 Å². The van der Waals surface area contributed by atoms with Crippen LogP contribution in [0.5, 0.6) is 5.75 Å². The van der Waals surface area contributed by atoms with Crippen molar-refractivity contribution in [3.05, 3.63) is 47.8 Å². The second kappa shape index (κ2) is 9.08. The summed E-state index contributed by atoms with van der Waals surface area (Å²) in [6, 6.07) is 10.2. The van der Waals surface area contributed by atoms with Crippen molar-refractivity contribution < 1.29 is 9.53 Å². The van der Waals surface area contributed by atoms with Gasteiger partial charge in [0.25, 0.3) is 0 Å². The standard InChI is InChI=1S/C23H33N5O2/c1-3-14-30-20-6-4-18(5-7-20)15-25-22(29)28(16-19-9-13-27(2)26-19)21-8-12-24-17-23(21)10-11-23/h4-7,9,13,21,24H,3,8,10-12,14-17H2,1-2H3,(H,25,29). The number of amides is 2. The summed E-state index contributed by atoms with van der Waals surface area (Å²) in [6.07, 6.45) is 6.29. The van der Waals surface area contributed by atoms with E-state index < -0.39 is 0 Å². The van der Waals surface area contributed by atoms with Crippen LogP contribution in [-0.4, -0.2) is 46.4 Å². The molecule has 2 heterocycles. The van der Waals surface area contributed by atoms with E-state index in [0.717, 1.165) is 49.5 Å². The molecule has 2 fully saturated rings. The fraction of sp³-hybridized carbons (Fsp3) is 0.565. The molecule has 1 aliphatic carbocycles. The number of carbonyl (C=O) groups excluding carboxylic acids is 1. The molecule has 2 N–H and O–H groups in total. The lowest BCUT2D eigenvalue weighted by molar-refractivity contribution is 0.109. The Morgan fingerprint density at radius 3 is 2.80 bits per heavy atom. The molecule has 162 valence electrons. The summed E-state index contributed by atoms with van der Waals surface area (Å²) in [4.78, 5) is 15.3. The maximum Gasteiger partial charge on any atom is 0.318 e. The summed E-state index contributed by atoms with van der Waals surface area (Å²) in [5.41, 5.74) is 2.23. The summed E-state index contributed by atoms with van der Waals surface area (Å²) in [5.74, 6) is 0.870. The zero-order chi connectivity index (χ0) is 21.0. The first kappa shape index (κ1) is 20.7. The molecule has 7 nitrogen and oxygen atoms in total. The highest BCUT2D eigenvalue weighted by molar-refractivity contribution is 5.74. The first-order chi connectivity index (χ1) is 14.6. The number of urea groups is 1. The van der Waals surface area contributed by atoms with E-state index in [2.05, 4.69) is 22.7 Å². The number of aromatic nitrogens is 2. The third-order valence-electron chi connectivity index (χ3n) is 6.25. The van der Waals surface area contributed by atoms with Gasteiger partial charge in [-0.25, -0.2) is 4.79 Å². The van der Waals surface area contributed by atoms with Crippen LogP contribution in [-0.2, 0) is 20.1 Å². The van der Waals surface area contributed by atoms with Crippen molar-refractivity contribution in [2.24, 2.45) is 12.5 Å². The minimum atomic E-state index is -0.00913. The van der Waals surface area contributed by atoms with Crippen molar-refractivity contribution >= 4 is 6.03 Å². The molecular formula is C23H33N5O2. The largest absolute Gasteiger partial charge is 0.494 e. The number of nitrogens with zero attached hydrogens (tertiary/aromatic N) is 3. The van der Waals surface area contributed by atoms with E-state index in [1.54, 1.807) is 4.68 Å². The highest BCUT2D eigenvalue weighted by atomic mass is 16.5. The fourth-order valence-corrected chi connectivity index (χ4v) is 4.41. The Bertz CT molecular complexity index is 844. The van der Waals surface area contributed by atoms with Gasteiger partial charge in [-0.05, 0) is 56.0 Å². The molecule has 2 amide bonds. The Labute approximate surface area is 178 Å². The molecule has 2 aliphatic rings. The number of hydrogen-bond donors (Lipinski definition) is 2. The number of benzene rings is 1. The molecule has 4 rings (SSSR count). The van der Waals surface area contributed by atoms with Crippen LogP contribution in [0.15, 0.2) is 36.5 Å². The Hall–Kier alpha value is -2.54. The average Bonchev–Trinajstić information content (AvgIpc) is 3.40. The van der Waals surface area contributed by atoms with Gasteiger partial charge in [0.15, 0.2) is 0 Å². The maximum absolute atomic E-state index is 13.3. The number of aryl methyl sites for hydroxylation is 1. The monoisotopic (exact) mass is 411 g/mol. The van der Waals surface area contributed by atoms with Gasteiger partial charge in [0.05, 0.1) is 18.8 Å². The summed E-state index contributed by atoms with van der Waals surface area (Å²) < 4.78 is 7.44. The molecular weight excluding hydrogens is 378 g/mol. The summed E-state index contributed by atoms with van der Waals surface area (Å²) in [5, 5.41) is 11.2. The predicted octanol–water partition coefficient (Wildman–Crippen LogP) is 3.06. The normalized spacial score (nSPS) is 19.5. The van der Waals surface area contributed by atoms with Crippen LogP contribution in [0.1, 0.15) is 43.9 Å². The molecule has 2 aromatic rings. The van der Waals surface area contributed by atoms with Gasteiger partial charge in [0.2, 0.25) is 0 Å². The molecule has 1 spiro atoms. The van der Waals surface area contributed by atoms with Crippen molar-refractivity contribution in [1.82, 2.24) is 25.3 Å². The van der Waals surface area contributed by atoms with Gasteiger partial charge in [-0.3, -0.25) is 4.68 Å². The fourth-order valence-electron chi connectivity index (χ4n) is 4.41. The van der Waals surface area contributed by atoms with E-state index in [1.807, 2.05) is 48.5 Å². The summed E-state index contributed by atoms with van der Waals surface area (Å²) >= 11 is 0. The van der Waals surface area contributed by atoms with Gasteiger partial charge in [0, 0.05) is 37.8 Å². The zero-order valence-corrected chi connectivity index (χ0v) is 18.1. The van der Waals surface area contributed by atoms with Crippen molar-refractivity contribution in [3.8, 4) is 5.75 Å². The first-order valence-corrected chi connectivity index (χ1v) is 11.0. The lowest BCUT2D eigenvalue weighted by Gasteiger charge is -2.40. The SMILES string of the molecule is CCCOc1ccc(CNC(=O)N(Cc2ccn(C)n2)C2CCNCC23CC3)cc1. The molecule has 30 heavy (non-hydrogen) atoms. The highest BCUT2D eigenvalue weighted by Crippen LogP contribution is 2.52. The van der Waals surface area contributed by atoms with Crippen LogP contribution in [0.3, 0.4) is 0 Å². The topological polar surface area (TPSA) is 71.4 Å². The lowest BCUT2D eigenvalue weighted by atomic mass is 9.88. The van der Waals surface area contributed by atoms with Gasteiger partial charge >= 0.3 is 6.03 Å². The van der Waals surface area contributed by atoms with Gasteiger partial charge < -0.3 is 20.3 Å². The van der Waals surface area contributed by atoms with E-state index in [4.69, 9.17) is 4.74 Å². The van der Waals surface area contributed by atoms with Gasteiger partial charge in [-0.15, -0.1) is 0 Å². The van der Waals surface area contributed by atoms with Crippen LogP contribution in [0.2, 0.25) is 0 Å². The molecule has 7 heteroatoms. The van der Waals surface area contributed by atoms with E-state index in [1.165, 1.54) is 12.8 Å².